The molecule has 2 aromatic heterocycles. The molecule has 23 heavy (non-hydrogen) atoms. The summed E-state index contributed by atoms with van der Waals surface area (Å²) in [6, 6.07) is 3.85. The van der Waals surface area contributed by atoms with Gasteiger partial charge in [-0.15, -0.1) is 11.3 Å². The predicted octanol–water partition coefficient (Wildman–Crippen LogP) is 3.71. The number of nitrogens with one attached hydrogen (secondary N) is 1. The van der Waals surface area contributed by atoms with Gasteiger partial charge in [-0.05, 0) is 45.2 Å². The van der Waals surface area contributed by atoms with E-state index in [2.05, 4.69) is 17.1 Å². The summed E-state index contributed by atoms with van der Waals surface area (Å²) >= 11 is 1.49. The van der Waals surface area contributed by atoms with Crippen LogP contribution in [-0.4, -0.2) is 35.5 Å². The molecule has 0 saturated carbocycles. The second-order valence-corrected chi connectivity index (χ2v) is 9.26. The van der Waals surface area contributed by atoms with Crippen LogP contribution in [0, 0.1) is 13.8 Å². The van der Waals surface area contributed by atoms with Crippen molar-refractivity contribution in [2.24, 2.45) is 0 Å². The van der Waals surface area contributed by atoms with Crippen molar-refractivity contribution in [2.45, 2.75) is 57.4 Å². The maximum atomic E-state index is 13.1. The largest absolute Gasteiger partial charge is 0.282 e. The van der Waals surface area contributed by atoms with E-state index in [0.717, 1.165) is 46.8 Å². The molecule has 0 aliphatic carbocycles. The van der Waals surface area contributed by atoms with Gasteiger partial charge in [-0.3, -0.25) is 5.10 Å². The normalized spacial score (nSPS) is 20.0. The fourth-order valence-corrected chi connectivity index (χ4v) is 6.51. The second kappa shape index (κ2) is 6.37. The van der Waals surface area contributed by atoms with E-state index in [9.17, 15) is 8.42 Å². The number of nitrogens with zero attached hydrogens (tertiary/aromatic N) is 2. The first-order valence-electron chi connectivity index (χ1n) is 8.08. The van der Waals surface area contributed by atoms with Crippen LogP contribution in [-0.2, 0) is 10.0 Å². The Bertz CT molecular complexity index is 792. The second-order valence-electron chi connectivity index (χ2n) is 6.14. The summed E-state index contributed by atoms with van der Waals surface area (Å²) in [6.07, 6.45) is 3.90. The number of H-pyrrole nitrogens is 1. The van der Waals surface area contributed by atoms with Crippen LogP contribution >= 0.6 is 11.3 Å². The van der Waals surface area contributed by atoms with Crippen molar-refractivity contribution in [1.29, 1.82) is 0 Å². The summed E-state index contributed by atoms with van der Waals surface area (Å²) in [5, 5.41) is 7.15. The van der Waals surface area contributed by atoms with E-state index < -0.39 is 10.0 Å². The topological polar surface area (TPSA) is 66.1 Å². The van der Waals surface area contributed by atoms with E-state index in [1.165, 1.54) is 11.3 Å². The minimum absolute atomic E-state index is 0.129. The first kappa shape index (κ1) is 16.7. The van der Waals surface area contributed by atoms with Gasteiger partial charge in [0, 0.05) is 23.2 Å². The Balaban J connectivity index is 1.98. The number of piperidine rings is 1. The van der Waals surface area contributed by atoms with Gasteiger partial charge in [0.2, 0.25) is 10.0 Å². The number of hydrogen-bond donors (Lipinski definition) is 1. The Hall–Kier alpha value is -1.18. The summed E-state index contributed by atoms with van der Waals surface area (Å²) in [6.45, 7) is 6.52. The number of hydrogen-bond acceptors (Lipinski definition) is 4. The van der Waals surface area contributed by atoms with Crippen molar-refractivity contribution < 1.29 is 8.42 Å². The molecule has 0 bridgehead atoms. The lowest BCUT2D eigenvalue weighted by Gasteiger charge is -2.34. The highest BCUT2D eigenvalue weighted by molar-refractivity contribution is 7.89. The Morgan fingerprint density at radius 3 is 2.78 bits per heavy atom. The number of aromatic amines is 1. The molecule has 0 spiro atoms. The third-order valence-electron chi connectivity index (χ3n) is 4.46. The molecule has 1 fully saturated rings. The van der Waals surface area contributed by atoms with Crippen LogP contribution in [0.2, 0.25) is 0 Å². The van der Waals surface area contributed by atoms with E-state index in [4.69, 9.17) is 0 Å². The Morgan fingerprint density at radius 2 is 2.13 bits per heavy atom. The molecule has 0 aromatic carbocycles. The Morgan fingerprint density at radius 1 is 1.35 bits per heavy atom. The molecule has 1 aliphatic heterocycles. The molecule has 2 aromatic rings. The summed E-state index contributed by atoms with van der Waals surface area (Å²) in [4.78, 5) is 2.18. The average molecular weight is 354 g/mol. The standard InChI is InChI=1S/C16H23N3O2S2/c1-4-13-7-5-6-8-19(13)23(20,21)16-10-15(22-12(16)3)14-9-11(2)17-18-14/h9-10,13H,4-8H2,1-3H3,(H,17,18)/t13-/m0/s1. The van der Waals surface area contributed by atoms with Crippen molar-refractivity contribution in [3.63, 3.8) is 0 Å². The first-order chi connectivity index (χ1) is 10.9. The van der Waals surface area contributed by atoms with Crippen LogP contribution in [0.1, 0.15) is 43.2 Å². The van der Waals surface area contributed by atoms with Crippen LogP contribution in [0.15, 0.2) is 17.0 Å². The van der Waals surface area contributed by atoms with Gasteiger partial charge in [0.25, 0.3) is 0 Å². The molecule has 1 N–H and O–H groups in total. The fraction of sp³-hybridized carbons (Fsp3) is 0.562. The zero-order chi connectivity index (χ0) is 16.6. The third-order valence-corrected chi connectivity index (χ3v) is 7.74. The maximum Gasteiger partial charge on any atom is 0.244 e. The van der Waals surface area contributed by atoms with Gasteiger partial charge in [0.05, 0.1) is 9.77 Å². The van der Waals surface area contributed by atoms with Crippen LogP contribution in [0.3, 0.4) is 0 Å². The SMILES string of the molecule is CC[C@H]1CCCCN1S(=O)(=O)c1cc(-c2cc(C)[nH]n2)sc1C. The molecule has 0 amide bonds. The molecule has 126 valence electrons. The van der Waals surface area contributed by atoms with Gasteiger partial charge in [0.1, 0.15) is 5.69 Å². The molecule has 7 heteroatoms. The number of rotatable bonds is 4. The van der Waals surface area contributed by atoms with Crippen molar-refractivity contribution >= 4 is 21.4 Å². The lowest BCUT2D eigenvalue weighted by molar-refractivity contribution is 0.246. The minimum atomic E-state index is -3.43. The van der Waals surface area contributed by atoms with Gasteiger partial charge in [-0.2, -0.15) is 9.40 Å². The van der Waals surface area contributed by atoms with Crippen LogP contribution < -0.4 is 0 Å². The van der Waals surface area contributed by atoms with Crippen molar-refractivity contribution in [3.05, 3.63) is 22.7 Å². The van der Waals surface area contributed by atoms with Gasteiger partial charge >= 0.3 is 0 Å². The fourth-order valence-electron chi connectivity index (χ4n) is 3.22. The van der Waals surface area contributed by atoms with E-state index in [-0.39, 0.29) is 6.04 Å². The average Bonchev–Trinajstić information content (AvgIpc) is 3.13. The van der Waals surface area contributed by atoms with Crippen molar-refractivity contribution in [1.82, 2.24) is 14.5 Å². The highest BCUT2D eigenvalue weighted by Gasteiger charge is 2.34. The summed E-state index contributed by atoms with van der Waals surface area (Å²) in [7, 11) is -3.43. The van der Waals surface area contributed by atoms with Crippen molar-refractivity contribution in [3.8, 4) is 10.6 Å². The molecule has 1 aliphatic rings. The van der Waals surface area contributed by atoms with Gasteiger partial charge in [-0.1, -0.05) is 13.3 Å². The lowest BCUT2D eigenvalue weighted by atomic mass is 10.0. The van der Waals surface area contributed by atoms with Crippen molar-refractivity contribution in [2.75, 3.05) is 6.54 Å². The quantitative estimate of drug-likeness (QED) is 0.911. The number of sulfonamides is 1. The Labute approximate surface area is 141 Å². The van der Waals surface area contributed by atoms with E-state index in [1.807, 2.05) is 19.9 Å². The third kappa shape index (κ3) is 3.09. The number of aromatic nitrogens is 2. The monoisotopic (exact) mass is 353 g/mol. The molecule has 0 unspecified atom stereocenters. The zero-order valence-electron chi connectivity index (χ0n) is 13.8. The molecule has 5 nitrogen and oxygen atoms in total. The maximum absolute atomic E-state index is 13.1. The Kier molecular flexibility index (Phi) is 4.62. The summed E-state index contributed by atoms with van der Waals surface area (Å²) in [5.41, 5.74) is 1.78. The molecule has 3 heterocycles. The predicted molar refractivity (Wildman–Crippen MR) is 93.2 cm³/mol. The molecule has 0 radical (unpaired) electrons. The van der Waals surface area contributed by atoms with E-state index in [1.54, 1.807) is 10.4 Å². The van der Waals surface area contributed by atoms with Gasteiger partial charge in [-0.25, -0.2) is 8.42 Å². The van der Waals surface area contributed by atoms with Gasteiger partial charge < -0.3 is 0 Å². The molecule has 1 atom stereocenters. The van der Waals surface area contributed by atoms with E-state index in [0.29, 0.717) is 11.4 Å². The highest BCUT2D eigenvalue weighted by Crippen LogP contribution is 2.36. The molecular weight excluding hydrogens is 330 g/mol. The summed E-state index contributed by atoms with van der Waals surface area (Å²) in [5.74, 6) is 0. The first-order valence-corrected chi connectivity index (χ1v) is 10.3. The summed E-state index contributed by atoms with van der Waals surface area (Å²) < 4.78 is 28.0. The van der Waals surface area contributed by atoms with Gasteiger partial charge in [0.15, 0.2) is 0 Å². The number of thiophene rings is 1. The molecule has 3 rings (SSSR count). The smallest absolute Gasteiger partial charge is 0.244 e. The van der Waals surface area contributed by atoms with E-state index >= 15 is 0 Å². The van der Waals surface area contributed by atoms with Crippen LogP contribution in [0.5, 0.6) is 0 Å². The lowest BCUT2D eigenvalue weighted by Crippen LogP contribution is -2.43. The highest BCUT2D eigenvalue weighted by atomic mass is 32.2. The molecule has 1 saturated heterocycles. The molecular formula is C16H23N3O2S2. The van der Waals surface area contributed by atoms with Crippen LogP contribution in [0.4, 0.5) is 0 Å². The minimum Gasteiger partial charge on any atom is -0.282 e. The number of aryl methyl sites for hydroxylation is 2. The van der Waals surface area contributed by atoms with Crippen LogP contribution in [0.25, 0.3) is 10.6 Å². The zero-order valence-corrected chi connectivity index (χ0v) is 15.4.